The van der Waals surface area contributed by atoms with Crippen LogP contribution >= 0.6 is 0 Å². The van der Waals surface area contributed by atoms with E-state index in [4.69, 9.17) is 0 Å². The molecule has 36 heavy (non-hydrogen) atoms. The molecule has 0 N–H and O–H groups in total. The lowest BCUT2D eigenvalue weighted by Gasteiger charge is -2.15. The smallest absolute Gasteiger partial charge is 0.00137 e. The Bertz CT molecular complexity index is 2340. The van der Waals surface area contributed by atoms with Crippen LogP contribution in [0, 0.1) is 0 Å². The van der Waals surface area contributed by atoms with Gasteiger partial charge in [0.2, 0.25) is 0 Å². The van der Waals surface area contributed by atoms with Crippen molar-refractivity contribution in [3.8, 4) is 22.3 Å². The van der Waals surface area contributed by atoms with Crippen LogP contribution in [0.25, 0.3) is 97.7 Å². The molecule has 0 fully saturated rings. The molecule has 0 radical (unpaired) electrons. The maximum absolute atomic E-state index is 2.44. The summed E-state index contributed by atoms with van der Waals surface area (Å²) >= 11 is 0. The number of hydrogen-bond acceptors (Lipinski definition) is 0. The van der Waals surface area contributed by atoms with Crippen molar-refractivity contribution in [1.29, 1.82) is 0 Å². The van der Waals surface area contributed by atoms with E-state index in [2.05, 4.69) is 109 Å². The zero-order chi connectivity index (χ0) is 23.1. The Morgan fingerprint density at radius 2 is 0.833 bits per heavy atom. The van der Waals surface area contributed by atoms with Crippen molar-refractivity contribution < 1.29 is 0 Å². The largest absolute Gasteiger partial charge is 0.0610 e. The summed E-state index contributed by atoms with van der Waals surface area (Å²) in [5.74, 6) is 0. The third kappa shape index (κ3) is 1.83. The fourth-order valence-corrected chi connectivity index (χ4v) is 7.48. The molecule has 0 aliphatic heterocycles. The molecule has 0 unspecified atom stereocenters. The van der Waals surface area contributed by atoms with Crippen molar-refractivity contribution in [3.63, 3.8) is 0 Å². The molecular weight excluding hydrogens is 432 g/mol. The first-order valence-corrected chi connectivity index (χ1v) is 12.7. The summed E-state index contributed by atoms with van der Waals surface area (Å²) in [6, 6.07) is 41.4. The lowest BCUT2D eigenvalue weighted by Crippen LogP contribution is -1.87. The van der Waals surface area contributed by atoms with Crippen LogP contribution in [0.15, 0.2) is 109 Å². The number of benzene rings is 9. The van der Waals surface area contributed by atoms with Crippen LogP contribution in [0.5, 0.6) is 0 Å². The van der Waals surface area contributed by atoms with E-state index in [1.54, 1.807) is 0 Å². The standard InChI is InChI=1S/C36H18/c1-4-20-10-11-22-18-30-27-15-14-25-23-8-2-6-19-7-3-9-24(32(19)23)26-16-17-29(36(27)35(25)26)34(30)28-13-12-21(5-1)31(20)33(22)28/h1-18H. The second-order valence-electron chi connectivity index (χ2n) is 10.4. The molecule has 162 valence electrons. The Kier molecular flexibility index (Phi) is 2.83. The van der Waals surface area contributed by atoms with E-state index in [1.165, 1.54) is 97.7 Å². The lowest BCUT2D eigenvalue weighted by atomic mass is 9.87. The molecule has 0 spiro atoms. The highest BCUT2D eigenvalue weighted by atomic mass is 14.3. The van der Waals surface area contributed by atoms with E-state index in [9.17, 15) is 0 Å². The molecule has 0 atom stereocenters. The third-order valence-corrected chi connectivity index (χ3v) is 8.85. The summed E-state index contributed by atoms with van der Waals surface area (Å²) in [4.78, 5) is 0. The molecular formula is C36H18. The van der Waals surface area contributed by atoms with Crippen LogP contribution in [-0.4, -0.2) is 0 Å². The minimum absolute atomic E-state index is 1.32. The predicted molar refractivity (Wildman–Crippen MR) is 156 cm³/mol. The topological polar surface area (TPSA) is 0 Å². The molecule has 10 rings (SSSR count). The van der Waals surface area contributed by atoms with E-state index < -0.39 is 0 Å². The van der Waals surface area contributed by atoms with Crippen LogP contribution in [0.1, 0.15) is 0 Å². The quantitative estimate of drug-likeness (QED) is 0.159. The van der Waals surface area contributed by atoms with Crippen molar-refractivity contribution in [3.05, 3.63) is 109 Å². The molecule has 0 heteroatoms. The molecule has 0 saturated heterocycles. The fraction of sp³-hybridized carbons (Fsp3) is 0. The molecule has 1 aliphatic carbocycles. The highest BCUT2D eigenvalue weighted by molar-refractivity contribution is 6.39. The Hall–Kier alpha value is -4.68. The number of rotatable bonds is 0. The van der Waals surface area contributed by atoms with Gasteiger partial charge in [-0.1, -0.05) is 103 Å². The normalized spacial score (nSPS) is 13.0. The fourth-order valence-electron chi connectivity index (χ4n) is 7.48. The van der Waals surface area contributed by atoms with Crippen LogP contribution in [0.4, 0.5) is 0 Å². The van der Waals surface area contributed by atoms with E-state index in [0.29, 0.717) is 0 Å². The van der Waals surface area contributed by atoms with Crippen molar-refractivity contribution in [1.82, 2.24) is 0 Å². The summed E-state index contributed by atoms with van der Waals surface area (Å²) in [6.07, 6.45) is 0. The first-order chi connectivity index (χ1) is 17.9. The van der Waals surface area contributed by atoms with Gasteiger partial charge in [0.05, 0.1) is 0 Å². The molecule has 0 amide bonds. The third-order valence-electron chi connectivity index (χ3n) is 8.85. The van der Waals surface area contributed by atoms with Gasteiger partial charge in [-0.25, -0.2) is 0 Å². The van der Waals surface area contributed by atoms with Gasteiger partial charge in [-0.15, -0.1) is 0 Å². The zero-order valence-electron chi connectivity index (χ0n) is 19.4. The van der Waals surface area contributed by atoms with E-state index in [-0.39, 0.29) is 0 Å². The highest BCUT2D eigenvalue weighted by Crippen LogP contribution is 2.55. The van der Waals surface area contributed by atoms with E-state index in [1.807, 2.05) is 0 Å². The average Bonchev–Trinajstić information content (AvgIpc) is 3.26. The van der Waals surface area contributed by atoms with Gasteiger partial charge in [0.1, 0.15) is 0 Å². The van der Waals surface area contributed by atoms with Gasteiger partial charge >= 0.3 is 0 Å². The summed E-state index contributed by atoms with van der Waals surface area (Å²) in [5, 5.41) is 19.1. The van der Waals surface area contributed by atoms with E-state index >= 15 is 0 Å². The SMILES string of the molecule is c1cc2ccc3cc4c(c5ccc(c1)c2c35)-c1ccc2c3cccc5cccc(c6ccc-4c1c62)c53. The predicted octanol–water partition coefficient (Wildman–Crippen LogP) is 10.3. The molecule has 0 nitrogen and oxygen atoms in total. The Balaban J connectivity index is 1.47. The minimum atomic E-state index is 1.32. The maximum Gasteiger partial charge on any atom is -0.00137 e. The first kappa shape index (κ1) is 17.7. The van der Waals surface area contributed by atoms with Gasteiger partial charge in [0.25, 0.3) is 0 Å². The Morgan fingerprint density at radius 3 is 1.58 bits per heavy atom. The lowest BCUT2D eigenvalue weighted by molar-refractivity contribution is 1.76. The monoisotopic (exact) mass is 450 g/mol. The molecule has 0 bridgehead atoms. The van der Waals surface area contributed by atoms with E-state index in [0.717, 1.165) is 0 Å². The van der Waals surface area contributed by atoms with Gasteiger partial charge in [-0.3, -0.25) is 0 Å². The van der Waals surface area contributed by atoms with Crippen molar-refractivity contribution in [2.24, 2.45) is 0 Å². The highest BCUT2D eigenvalue weighted by Gasteiger charge is 2.27. The van der Waals surface area contributed by atoms with Crippen molar-refractivity contribution >= 4 is 75.4 Å². The summed E-state index contributed by atoms with van der Waals surface area (Å²) in [5.41, 5.74) is 5.52. The summed E-state index contributed by atoms with van der Waals surface area (Å²) < 4.78 is 0. The van der Waals surface area contributed by atoms with Gasteiger partial charge in [-0.2, -0.15) is 0 Å². The van der Waals surface area contributed by atoms with Gasteiger partial charge in [0, 0.05) is 0 Å². The molecule has 0 aromatic heterocycles. The van der Waals surface area contributed by atoms with Crippen LogP contribution in [-0.2, 0) is 0 Å². The van der Waals surface area contributed by atoms with Crippen molar-refractivity contribution in [2.45, 2.75) is 0 Å². The second-order valence-corrected chi connectivity index (χ2v) is 10.4. The Labute approximate surface area is 206 Å². The van der Waals surface area contributed by atoms with Crippen LogP contribution in [0.3, 0.4) is 0 Å². The maximum atomic E-state index is 2.44. The first-order valence-electron chi connectivity index (χ1n) is 12.7. The average molecular weight is 451 g/mol. The van der Waals surface area contributed by atoms with Gasteiger partial charge in [0.15, 0.2) is 0 Å². The molecule has 9 aromatic rings. The Morgan fingerprint density at radius 1 is 0.278 bits per heavy atom. The van der Waals surface area contributed by atoms with Gasteiger partial charge in [-0.05, 0) is 104 Å². The molecule has 9 aromatic carbocycles. The summed E-state index contributed by atoms with van der Waals surface area (Å²) in [6.45, 7) is 0. The molecule has 0 heterocycles. The number of fused-ring (bicyclic) bond motifs is 6. The van der Waals surface area contributed by atoms with Crippen LogP contribution in [0.2, 0.25) is 0 Å². The van der Waals surface area contributed by atoms with Crippen molar-refractivity contribution in [2.75, 3.05) is 0 Å². The zero-order valence-corrected chi connectivity index (χ0v) is 19.4. The molecule has 1 aliphatic rings. The van der Waals surface area contributed by atoms with Crippen LogP contribution < -0.4 is 0 Å². The molecule has 0 saturated carbocycles. The summed E-state index contributed by atoms with van der Waals surface area (Å²) in [7, 11) is 0. The minimum Gasteiger partial charge on any atom is -0.0610 e. The number of hydrogen-bond donors (Lipinski definition) is 0. The second kappa shape index (κ2) is 5.75. The van der Waals surface area contributed by atoms with Gasteiger partial charge < -0.3 is 0 Å².